The van der Waals surface area contributed by atoms with Gasteiger partial charge in [-0.1, -0.05) is 29.3 Å². The number of carbonyl (C=O) groups is 1. The molecule has 0 N–H and O–H groups in total. The van der Waals surface area contributed by atoms with Crippen molar-refractivity contribution in [3.8, 4) is 11.5 Å². The van der Waals surface area contributed by atoms with Crippen LogP contribution in [0.15, 0.2) is 52.8 Å². The first kappa shape index (κ1) is 20.2. The molecule has 0 spiro atoms. The molecule has 0 amide bonds. The van der Waals surface area contributed by atoms with Crippen molar-refractivity contribution in [3.63, 3.8) is 0 Å². The summed E-state index contributed by atoms with van der Waals surface area (Å²) in [5, 5.41) is 1.28. The van der Waals surface area contributed by atoms with Gasteiger partial charge >= 0.3 is 0 Å². The Hall–Kier alpha value is -2.73. The number of hydrogen-bond acceptors (Lipinski definition) is 5. The van der Waals surface area contributed by atoms with E-state index in [0.717, 1.165) is 35.4 Å². The van der Waals surface area contributed by atoms with Gasteiger partial charge in [0.25, 0.3) is 0 Å². The Morgan fingerprint density at radius 1 is 1.19 bits per heavy atom. The summed E-state index contributed by atoms with van der Waals surface area (Å²) in [5.41, 5.74) is 3.33. The van der Waals surface area contributed by atoms with Crippen molar-refractivity contribution in [2.45, 2.75) is 19.9 Å². The number of ketones is 1. The lowest BCUT2D eigenvalue weighted by Crippen LogP contribution is -2.34. The molecule has 1 aromatic heterocycles. The predicted octanol–water partition coefficient (Wildman–Crippen LogP) is 5.91. The maximum atomic E-state index is 13.0. The summed E-state index contributed by atoms with van der Waals surface area (Å²) in [6.45, 7) is 3.71. The van der Waals surface area contributed by atoms with Crippen LogP contribution in [0.5, 0.6) is 11.5 Å². The first-order chi connectivity index (χ1) is 15.0. The molecule has 3 aromatic rings. The predicted molar refractivity (Wildman–Crippen MR) is 119 cm³/mol. The average Bonchev–Trinajstić information content (AvgIpc) is 3.37. The second kappa shape index (κ2) is 8.08. The fraction of sp³-hybridized carbons (Fsp3) is 0.208. The zero-order chi connectivity index (χ0) is 21.5. The smallest absolute Gasteiger partial charge is 0.232 e. The highest BCUT2D eigenvalue weighted by atomic mass is 35.5. The minimum atomic E-state index is -0.142. The van der Waals surface area contributed by atoms with Crippen LogP contribution < -0.4 is 9.47 Å². The topological polar surface area (TPSA) is 51.9 Å². The maximum absolute atomic E-state index is 13.0. The highest BCUT2D eigenvalue weighted by Gasteiger charge is 2.35. The third kappa shape index (κ3) is 3.85. The summed E-state index contributed by atoms with van der Waals surface area (Å²) in [7, 11) is 0. The first-order valence-corrected chi connectivity index (χ1v) is 10.7. The number of benzene rings is 2. The number of ether oxygens (including phenoxy) is 2. The van der Waals surface area contributed by atoms with E-state index in [2.05, 4.69) is 4.90 Å². The van der Waals surface area contributed by atoms with E-state index in [1.54, 1.807) is 30.5 Å². The molecule has 0 saturated heterocycles. The molecule has 3 heterocycles. The quantitative estimate of drug-likeness (QED) is 0.458. The monoisotopic (exact) mass is 455 g/mol. The van der Waals surface area contributed by atoms with Gasteiger partial charge in [-0.25, -0.2) is 0 Å². The Morgan fingerprint density at radius 3 is 2.84 bits per heavy atom. The molecule has 5 nitrogen and oxygen atoms in total. The van der Waals surface area contributed by atoms with Gasteiger partial charge in [0, 0.05) is 29.2 Å². The van der Waals surface area contributed by atoms with Crippen LogP contribution in [0.3, 0.4) is 0 Å². The van der Waals surface area contributed by atoms with Crippen LogP contribution in [0, 0.1) is 6.92 Å². The highest BCUT2D eigenvalue weighted by Crippen LogP contribution is 2.44. The number of aryl methyl sites for hydroxylation is 1. The minimum absolute atomic E-state index is 0.142. The summed E-state index contributed by atoms with van der Waals surface area (Å²) in [6, 6.07) is 11.0. The average molecular weight is 456 g/mol. The minimum Gasteiger partial charge on any atom is -0.478 e. The van der Waals surface area contributed by atoms with E-state index in [0.29, 0.717) is 40.4 Å². The zero-order valence-corrected chi connectivity index (χ0v) is 18.3. The van der Waals surface area contributed by atoms with Crippen LogP contribution in [-0.2, 0) is 13.0 Å². The molecule has 31 heavy (non-hydrogen) atoms. The number of carbonyl (C=O) groups excluding carboxylic acids is 1. The molecular formula is C24H19Cl2NO4. The second-order valence-electron chi connectivity index (χ2n) is 7.64. The van der Waals surface area contributed by atoms with Crippen molar-refractivity contribution in [3.05, 3.63) is 86.5 Å². The molecule has 0 fully saturated rings. The third-order valence-corrected chi connectivity index (χ3v) is 6.10. The molecule has 0 bridgehead atoms. The van der Waals surface area contributed by atoms with E-state index >= 15 is 0 Å². The fourth-order valence-electron chi connectivity index (χ4n) is 3.92. The second-order valence-corrected chi connectivity index (χ2v) is 8.48. The number of nitrogens with zero attached hydrogens (tertiary/aromatic N) is 1. The molecule has 2 aliphatic heterocycles. The van der Waals surface area contributed by atoms with Gasteiger partial charge in [-0.3, -0.25) is 9.69 Å². The fourth-order valence-corrected chi connectivity index (χ4v) is 4.43. The number of halogens is 2. The largest absolute Gasteiger partial charge is 0.478 e. The number of rotatable bonds is 4. The summed E-state index contributed by atoms with van der Waals surface area (Å²) in [4.78, 5) is 15.1. The van der Waals surface area contributed by atoms with E-state index in [1.807, 2.05) is 25.1 Å². The van der Waals surface area contributed by atoms with Crippen LogP contribution in [0.4, 0.5) is 0 Å². The normalized spacial score (nSPS) is 16.7. The van der Waals surface area contributed by atoms with E-state index < -0.39 is 0 Å². The Balaban J connectivity index is 1.39. The lowest BCUT2D eigenvalue weighted by atomic mass is 9.98. The van der Waals surface area contributed by atoms with Gasteiger partial charge in [0.15, 0.2) is 5.76 Å². The standard InChI is InChI=1S/C24H19Cl2NO4/c1-14-9-20-18(24-22(14)23(28)21(31-24)11-17-3-2-8-29-17)12-27(13-30-20)7-6-15-4-5-16(25)10-19(15)26/h2-5,8-11H,6-7,12-13H2,1H3/b21-11+. The molecule has 7 heteroatoms. The molecule has 158 valence electrons. The third-order valence-electron chi connectivity index (χ3n) is 5.52. The molecule has 0 atom stereocenters. The van der Waals surface area contributed by atoms with Gasteiger partial charge in [-0.15, -0.1) is 0 Å². The van der Waals surface area contributed by atoms with E-state index in [4.69, 9.17) is 37.1 Å². The number of hydrogen-bond donors (Lipinski definition) is 0. The Labute approximate surface area is 189 Å². The van der Waals surface area contributed by atoms with Crippen molar-refractivity contribution in [2.24, 2.45) is 0 Å². The van der Waals surface area contributed by atoms with Gasteiger partial charge in [0.1, 0.15) is 24.0 Å². The zero-order valence-electron chi connectivity index (χ0n) is 16.8. The van der Waals surface area contributed by atoms with E-state index in [-0.39, 0.29) is 11.5 Å². The highest BCUT2D eigenvalue weighted by molar-refractivity contribution is 6.35. The summed E-state index contributed by atoms with van der Waals surface area (Å²) >= 11 is 12.3. The van der Waals surface area contributed by atoms with Gasteiger partial charge < -0.3 is 13.9 Å². The van der Waals surface area contributed by atoms with E-state index in [1.165, 1.54) is 0 Å². The summed E-state index contributed by atoms with van der Waals surface area (Å²) in [5.74, 6) is 2.01. The van der Waals surface area contributed by atoms with Gasteiger partial charge in [0.05, 0.1) is 17.4 Å². The molecule has 2 aliphatic rings. The number of fused-ring (bicyclic) bond motifs is 3. The summed E-state index contributed by atoms with van der Waals surface area (Å²) in [6.07, 6.45) is 3.94. The van der Waals surface area contributed by atoms with E-state index in [9.17, 15) is 4.79 Å². The molecular weight excluding hydrogens is 437 g/mol. The lowest BCUT2D eigenvalue weighted by molar-refractivity contribution is 0.0949. The summed E-state index contributed by atoms with van der Waals surface area (Å²) < 4.78 is 17.4. The van der Waals surface area contributed by atoms with Crippen molar-refractivity contribution < 1.29 is 18.7 Å². The lowest BCUT2D eigenvalue weighted by Gasteiger charge is -2.30. The Morgan fingerprint density at radius 2 is 2.06 bits per heavy atom. The maximum Gasteiger partial charge on any atom is 0.232 e. The molecule has 5 rings (SSSR count). The molecule has 2 aromatic carbocycles. The van der Waals surface area contributed by atoms with Crippen molar-refractivity contribution in [1.82, 2.24) is 4.90 Å². The number of allylic oxidation sites excluding steroid dienone is 1. The van der Waals surface area contributed by atoms with Crippen LogP contribution in [0.25, 0.3) is 6.08 Å². The van der Waals surface area contributed by atoms with Gasteiger partial charge in [0.2, 0.25) is 5.78 Å². The van der Waals surface area contributed by atoms with Crippen molar-refractivity contribution in [2.75, 3.05) is 13.3 Å². The Bertz CT molecular complexity index is 1200. The van der Waals surface area contributed by atoms with Crippen molar-refractivity contribution in [1.29, 1.82) is 0 Å². The van der Waals surface area contributed by atoms with Crippen LogP contribution in [0.1, 0.15) is 32.8 Å². The molecule has 0 unspecified atom stereocenters. The number of Topliss-reactive ketones (excluding diaryl/α,β-unsaturated/α-hetero) is 1. The molecule has 0 saturated carbocycles. The van der Waals surface area contributed by atoms with Crippen LogP contribution in [-0.4, -0.2) is 24.0 Å². The van der Waals surface area contributed by atoms with Crippen LogP contribution >= 0.6 is 23.2 Å². The Kier molecular flexibility index (Phi) is 5.26. The molecule has 0 aliphatic carbocycles. The van der Waals surface area contributed by atoms with Gasteiger partial charge in [-0.2, -0.15) is 0 Å². The SMILES string of the molecule is Cc1cc2c(c3c1C(=O)/C(=C\c1ccco1)O3)CN(CCc1ccc(Cl)cc1Cl)CO2. The van der Waals surface area contributed by atoms with Crippen molar-refractivity contribution >= 4 is 35.1 Å². The van der Waals surface area contributed by atoms with Gasteiger partial charge in [-0.05, 0) is 54.8 Å². The number of furan rings is 1. The van der Waals surface area contributed by atoms with Crippen LogP contribution in [0.2, 0.25) is 10.0 Å². The first-order valence-electron chi connectivity index (χ1n) is 9.93. The molecule has 0 radical (unpaired) electrons.